The first-order valence-electron chi connectivity index (χ1n) is 7.70. The summed E-state index contributed by atoms with van der Waals surface area (Å²) in [4.78, 5) is 2.26. The Balaban J connectivity index is 1.73. The molecule has 0 saturated heterocycles. The molecule has 1 fully saturated rings. The van der Waals surface area contributed by atoms with Gasteiger partial charge in [-0.2, -0.15) is 5.26 Å². The van der Waals surface area contributed by atoms with Crippen molar-refractivity contribution in [3.8, 4) is 11.8 Å². The van der Waals surface area contributed by atoms with E-state index in [9.17, 15) is 5.11 Å². The van der Waals surface area contributed by atoms with E-state index in [2.05, 4.69) is 18.0 Å². The number of likely N-dealkylation sites (N-methyl/N-ethyl adjacent to an activating group) is 1. The minimum Gasteiger partial charge on any atom is -0.491 e. The summed E-state index contributed by atoms with van der Waals surface area (Å²) in [6, 6.07) is 9.63. The van der Waals surface area contributed by atoms with Crippen LogP contribution in [0.4, 0.5) is 0 Å². The predicted octanol–water partition coefficient (Wildman–Crippen LogP) is 2.56. The number of rotatable bonds is 6. The van der Waals surface area contributed by atoms with Gasteiger partial charge in [0.05, 0.1) is 11.6 Å². The average molecular weight is 288 g/mol. The first-order chi connectivity index (χ1) is 10.2. The van der Waals surface area contributed by atoms with Crippen molar-refractivity contribution in [1.29, 1.82) is 5.26 Å². The second kappa shape index (κ2) is 8.02. The molecule has 4 nitrogen and oxygen atoms in total. The van der Waals surface area contributed by atoms with Crippen molar-refractivity contribution in [1.82, 2.24) is 4.90 Å². The third-order valence-electron chi connectivity index (χ3n) is 4.12. The minimum atomic E-state index is -0.493. The van der Waals surface area contributed by atoms with Crippen molar-refractivity contribution < 1.29 is 9.84 Å². The Bertz CT molecular complexity index is 461. The molecule has 1 atom stereocenters. The largest absolute Gasteiger partial charge is 0.491 e. The number of aliphatic hydroxyl groups excluding tert-OH is 1. The van der Waals surface area contributed by atoms with E-state index in [-0.39, 0.29) is 6.61 Å². The molecule has 0 unspecified atom stereocenters. The molecular formula is C17H24N2O2. The van der Waals surface area contributed by atoms with Crippen molar-refractivity contribution in [3.05, 3.63) is 29.8 Å². The summed E-state index contributed by atoms with van der Waals surface area (Å²) in [5.41, 5.74) is 0.611. The molecule has 21 heavy (non-hydrogen) atoms. The molecule has 0 radical (unpaired) electrons. The highest BCUT2D eigenvalue weighted by molar-refractivity contribution is 5.34. The summed E-state index contributed by atoms with van der Waals surface area (Å²) >= 11 is 0. The maximum absolute atomic E-state index is 10.1. The van der Waals surface area contributed by atoms with Gasteiger partial charge >= 0.3 is 0 Å². The van der Waals surface area contributed by atoms with Crippen LogP contribution in [0.1, 0.15) is 37.7 Å². The van der Waals surface area contributed by atoms with E-state index in [0.717, 1.165) is 0 Å². The number of hydrogen-bond acceptors (Lipinski definition) is 4. The quantitative estimate of drug-likeness (QED) is 0.874. The fraction of sp³-hybridized carbons (Fsp3) is 0.588. The third kappa shape index (κ3) is 5.04. The second-order valence-corrected chi connectivity index (χ2v) is 5.83. The molecule has 1 aromatic rings. The van der Waals surface area contributed by atoms with E-state index in [1.54, 1.807) is 24.3 Å². The van der Waals surface area contributed by atoms with E-state index < -0.39 is 6.10 Å². The Labute approximate surface area is 127 Å². The zero-order valence-corrected chi connectivity index (χ0v) is 12.7. The van der Waals surface area contributed by atoms with Crippen LogP contribution in [-0.2, 0) is 0 Å². The Morgan fingerprint density at radius 1 is 1.29 bits per heavy atom. The first kappa shape index (κ1) is 15.8. The second-order valence-electron chi connectivity index (χ2n) is 5.83. The van der Waals surface area contributed by atoms with Gasteiger partial charge in [0, 0.05) is 12.6 Å². The molecule has 1 aliphatic rings. The Morgan fingerprint density at radius 3 is 2.57 bits per heavy atom. The summed E-state index contributed by atoms with van der Waals surface area (Å²) in [5, 5.41) is 18.8. The summed E-state index contributed by atoms with van der Waals surface area (Å²) in [6.45, 7) is 0.921. The van der Waals surface area contributed by atoms with E-state index in [4.69, 9.17) is 10.00 Å². The highest BCUT2D eigenvalue weighted by atomic mass is 16.5. The molecule has 114 valence electrons. The van der Waals surface area contributed by atoms with Crippen LogP contribution in [0.25, 0.3) is 0 Å². The van der Waals surface area contributed by atoms with Gasteiger partial charge in [0.1, 0.15) is 18.5 Å². The predicted molar refractivity (Wildman–Crippen MR) is 82.2 cm³/mol. The number of nitrogens with zero attached hydrogens (tertiary/aromatic N) is 2. The van der Waals surface area contributed by atoms with E-state index >= 15 is 0 Å². The average Bonchev–Trinajstić information content (AvgIpc) is 2.54. The first-order valence-corrected chi connectivity index (χ1v) is 7.70. The van der Waals surface area contributed by atoms with Crippen molar-refractivity contribution >= 4 is 0 Å². The Hall–Kier alpha value is -1.57. The van der Waals surface area contributed by atoms with Crippen molar-refractivity contribution in [2.24, 2.45) is 0 Å². The minimum absolute atomic E-state index is 0.281. The van der Waals surface area contributed by atoms with Crippen molar-refractivity contribution in [2.45, 2.75) is 44.2 Å². The summed E-state index contributed by atoms with van der Waals surface area (Å²) < 4.78 is 5.57. The van der Waals surface area contributed by atoms with Gasteiger partial charge in [0.25, 0.3) is 0 Å². The lowest BCUT2D eigenvalue weighted by molar-refractivity contribution is 0.0561. The number of nitriles is 1. The number of benzene rings is 1. The van der Waals surface area contributed by atoms with Crippen LogP contribution in [-0.4, -0.2) is 42.4 Å². The van der Waals surface area contributed by atoms with Crippen molar-refractivity contribution in [3.63, 3.8) is 0 Å². The van der Waals surface area contributed by atoms with Crippen LogP contribution in [0, 0.1) is 11.3 Å². The maximum atomic E-state index is 10.1. The van der Waals surface area contributed by atoms with Crippen LogP contribution in [0.5, 0.6) is 5.75 Å². The van der Waals surface area contributed by atoms with Crippen LogP contribution in [0.2, 0.25) is 0 Å². The molecule has 0 aromatic heterocycles. The summed E-state index contributed by atoms with van der Waals surface area (Å²) in [5.74, 6) is 0.688. The molecule has 0 bridgehead atoms. The smallest absolute Gasteiger partial charge is 0.119 e. The molecule has 4 heteroatoms. The van der Waals surface area contributed by atoms with E-state index in [1.165, 1.54) is 32.1 Å². The molecule has 1 aromatic carbocycles. The van der Waals surface area contributed by atoms with Gasteiger partial charge in [0.2, 0.25) is 0 Å². The zero-order chi connectivity index (χ0) is 15.1. The monoisotopic (exact) mass is 288 g/mol. The maximum Gasteiger partial charge on any atom is 0.119 e. The van der Waals surface area contributed by atoms with Crippen LogP contribution >= 0.6 is 0 Å². The highest BCUT2D eigenvalue weighted by Crippen LogP contribution is 2.21. The molecule has 2 rings (SSSR count). The fourth-order valence-electron chi connectivity index (χ4n) is 2.87. The van der Waals surface area contributed by atoms with Gasteiger partial charge in [-0.1, -0.05) is 19.3 Å². The topological polar surface area (TPSA) is 56.5 Å². The molecule has 1 aliphatic carbocycles. The van der Waals surface area contributed by atoms with Gasteiger partial charge in [-0.05, 0) is 44.2 Å². The molecular weight excluding hydrogens is 264 g/mol. The molecule has 0 amide bonds. The van der Waals surface area contributed by atoms with Gasteiger partial charge in [-0.25, -0.2) is 0 Å². The Morgan fingerprint density at radius 2 is 1.95 bits per heavy atom. The normalized spacial score (nSPS) is 17.4. The lowest BCUT2D eigenvalue weighted by Crippen LogP contribution is -2.40. The van der Waals surface area contributed by atoms with Crippen LogP contribution in [0.3, 0.4) is 0 Å². The molecule has 1 saturated carbocycles. The van der Waals surface area contributed by atoms with E-state index in [0.29, 0.717) is 23.9 Å². The Kier molecular flexibility index (Phi) is 6.04. The zero-order valence-electron chi connectivity index (χ0n) is 12.7. The lowest BCUT2D eigenvalue weighted by Gasteiger charge is -2.32. The van der Waals surface area contributed by atoms with Crippen LogP contribution < -0.4 is 4.74 Å². The molecule has 0 heterocycles. The van der Waals surface area contributed by atoms with Gasteiger partial charge in [-0.15, -0.1) is 0 Å². The summed E-state index contributed by atoms with van der Waals surface area (Å²) in [7, 11) is 2.08. The summed E-state index contributed by atoms with van der Waals surface area (Å²) in [6.07, 6.45) is 5.92. The van der Waals surface area contributed by atoms with Crippen LogP contribution in [0.15, 0.2) is 24.3 Å². The molecule has 1 N–H and O–H groups in total. The molecule has 0 aliphatic heterocycles. The van der Waals surface area contributed by atoms with Gasteiger partial charge in [-0.3, -0.25) is 0 Å². The van der Waals surface area contributed by atoms with Gasteiger partial charge < -0.3 is 14.7 Å². The number of aliphatic hydroxyl groups is 1. The van der Waals surface area contributed by atoms with E-state index in [1.807, 2.05) is 0 Å². The molecule has 0 spiro atoms. The van der Waals surface area contributed by atoms with Crippen molar-refractivity contribution in [2.75, 3.05) is 20.2 Å². The fourth-order valence-corrected chi connectivity index (χ4v) is 2.87. The third-order valence-corrected chi connectivity index (χ3v) is 4.12. The van der Waals surface area contributed by atoms with Gasteiger partial charge in [0.15, 0.2) is 0 Å². The highest BCUT2D eigenvalue weighted by Gasteiger charge is 2.20. The standard InChI is InChI=1S/C17H24N2O2/c1-19(15-5-3-2-4-6-15)12-16(20)13-21-17-9-7-14(11-18)8-10-17/h7-10,15-16,20H,2-6,12-13H2,1H3/t16-/m1/s1. The SMILES string of the molecule is CN(C[C@@H](O)COc1ccc(C#N)cc1)C1CCCCC1. The number of ether oxygens (including phenoxy) is 1. The number of hydrogen-bond donors (Lipinski definition) is 1. The lowest BCUT2D eigenvalue weighted by atomic mass is 9.94.